The predicted octanol–water partition coefficient (Wildman–Crippen LogP) is 6.80. The molecular weight excluding hydrogens is 328 g/mol. The highest BCUT2D eigenvalue weighted by Gasteiger charge is 2.30. The van der Waals surface area contributed by atoms with Crippen LogP contribution in [0.1, 0.15) is 110 Å². The van der Waals surface area contributed by atoms with E-state index in [2.05, 4.69) is 0 Å². The van der Waals surface area contributed by atoms with E-state index in [0.29, 0.717) is 6.61 Å². The van der Waals surface area contributed by atoms with E-state index in [0.717, 1.165) is 12.8 Å². The molecular formula is C22H48O4. The molecule has 0 aromatic rings. The summed E-state index contributed by atoms with van der Waals surface area (Å²) in [6, 6.07) is 0. The summed E-state index contributed by atoms with van der Waals surface area (Å²) in [4.78, 5) is 22.6. The van der Waals surface area contributed by atoms with Crippen LogP contribution in [-0.2, 0) is 19.1 Å². The van der Waals surface area contributed by atoms with Gasteiger partial charge in [0.2, 0.25) is 0 Å². The maximum atomic E-state index is 11.5. The molecule has 26 heavy (non-hydrogen) atoms. The van der Waals surface area contributed by atoms with Crippen LogP contribution in [0.3, 0.4) is 0 Å². The second-order valence-corrected chi connectivity index (χ2v) is 7.70. The van der Waals surface area contributed by atoms with Crippen molar-refractivity contribution in [1.82, 2.24) is 0 Å². The molecule has 4 nitrogen and oxygen atoms in total. The molecule has 0 bridgehead atoms. The average molecular weight is 377 g/mol. The highest BCUT2D eigenvalue weighted by Crippen LogP contribution is 2.24. The molecule has 0 amide bonds. The first-order valence-electron chi connectivity index (χ1n) is 10.1. The molecule has 0 aromatic carbocycles. The van der Waals surface area contributed by atoms with E-state index >= 15 is 0 Å². The molecule has 0 aliphatic rings. The van der Waals surface area contributed by atoms with E-state index in [1.54, 1.807) is 0 Å². The zero-order chi connectivity index (χ0) is 22.2. The molecule has 4 heteroatoms. The Morgan fingerprint density at radius 1 is 0.654 bits per heavy atom. The number of esters is 2. The Balaban J connectivity index is -0.000000157. The second-order valence-electron chi connectivity index (χ2n) is 7.70. The minimum Gasteiger partial charge on any atom is -0.466 e. The lowest BCUT2D eigenvalue weighted by Crippen LogP contribution is -2.33. The van der Waals surface area contributed by atoms with Crippen LogP contribution in [0, 0.1) is 10.8 Å². The van der Waals surface area contributed by atoms with Crippen LogP contribution < -0.4 is 0 Å². The summed E-state index contributed by atoms with van der Waals surface area (Å²) in [5.41, 5.74) is -1.03. The Labute approximate surface area is 164 Å². The zero-order valence-electron chi connectivity index (χ0n) is 20.3. The Hall–Kier alpha value is -1.06. The minimum absolute atomic E-state index is 0.0995. The van der Waals surface area contributed by atoms with Crippen molar-refractivity contribution in [2.75, 3.05) is 6.61 Å². The van der Waals surface area contributed by atoms with Gasteiger partial charge in [-0.15, -0.1) is 0 Å². The summed E-state index contributed by atoms with van der Waals surface area (Å²) in [6.45, 7) is 27.5. The van der Waals surface area contributed by atoms with Gasteiger partial charge in [0, 0.05) is 0 Å². The minimum atomic E-state index is -0.372. The van der Waals surface area contributed by atoms with E-state index in [9.17, 15) is 9.59 Å². The smallest absolute Gasteiger partial charge is 0.312 e. The van der Waals surface area contributed by atoms with Gasteiger partial charge in [-0.1, -0.05) is 41.5 Å². The molecule has 0 fully saturated rings. The van der Waals surface area contributed by atoms with Crippen molar-refractivity contribution >= 4 is 11.9 Å². The van der Waals surface area contributed by atoms with Gasteiger partial charge < -0.3 is 9.47 Å². The third-order valence-electron chi connectivity index (χ3n) is 3.55. The van der Waals surface area contributed by atoms with Gasteiger partial charge >= 0.3 is 11.9 Å². The number of hydrogen-bond donors (Lipinski definition) is 0. The van der Waals surface area contributed by atoms with Gasteiger partial charge in [-0.2, -0.15) is 0 Å². The lowest BCUT2D eigenvalue weighted by Gasteiger charge is -2.27. The maximum Gasteiger partial charge on any atom is 0.312 e. The fourth-order valence-corrected chi connectivity index (χ4v) is 1.03. The van der Waals surface area contributed by atoms with Gasteiger partial charge in [-0.05, 0) is 68.2 Å². The molecule has 0 N–H and O–H groups in total. The van der Waals surface area contributed by atoms with Gasteiger partial charge in [-0.3, -0.25) is 9.59 Å². The molecule has 0 saturated carbocycles. The van der Waals surface area contributed by atoms with Crippen LogP contribution in [0.15, 0.2) is 0 Å². The Morgan fingerprint density at radius 3 is 1.19 bits per heavy atom. The molecule has 0 aliphatic carbocycles. The van der Waals surface area contributed by atoms with Crippen molar-refractivity contribution in [2.24, 2.45) is 10.8 Å². The predicted molar refractivity (Wildman–Crippen MR) is 113 cm³/mol. The zero-order valence-corrected chi connectivity index (χ0v) is 20.3. The topological polar surface area (TPSA) is 52.6 Å². The molecule has 0 unspecified atom stereocenters. The van der Waals surface area contributed by atoms with Gasteiger partial charge in [0.05, 0.1) is 17.4 Å². The molecule has 0 atom stereocenters. The van der Waals surface area contributed by atoms with Crippen LogP contribution in [0.5, 0.6) is 0 Å². The van der Waals surface area contributed by atoms with Crippen molar-refractivity contribution in [1.29, 1.82) is 0 Å². The number of hydrogen-bond acceptors (Lipinski definition) is 4. The van der Waals surface area contributed by atoms with Crippen molar-refractivity contribution in [3.63, 3.8) is 0 Å². The Bertz CT molecular complexity index is 350. The molecule has 0 saturated heterocycles. The monoisotopic (exact) mass is 376 g/mol. The standard InChI is InChI=1S/C10H20O2.C8H16O2.2C2H6/c1-7-10(5,6)8(11)12-9(2,3)4;1-5-8(3,4)7(9)10-6-2;2*1-2/h7H2,1-6H3;5-6H2,1-4H3;2*1-2H3. The Kier molecular flexibility index (Phi) is 20.2. The van der Waals surface area contributed by atoms with Crippen LogP contribution in [0.25, 0.3) is 0 Å². The van der Waals surface area contributed by atoms with Gasteiger partial charge in [0.15, 0.2) is 0 Å². The van der Waals surface area contributed by atoms with E-state index in [4.69, 9.17) is 9.47 Å². The van der Waals surface area contributed by atoms with Crippen LogP contribution in [-0.4, -0.2) is 24.1 Å². The molecule has 0 rings (SSSR count). The maximum absolute atomic E-state index is 11.5. The molecule has 0 spiro atoms. The molecule has 0 radical (unpaired) electrons. The summed E-state index contributed by atoms with van der Waals surface area (Å²) in [5.74, 6) is -0.213. The lowest BCUT2D eigenvalue weighted by molar-refractivity contribution is -0.165. The lowest BCUT2D eigenvalue weighted by atomic mass is 9.90. The van der Waals surface area contributed by atoms with Gasteiger partial charge in [0.1, 0.15) is 5.60 Å². The van der Waals surface area contributed by atoms with E-state index in [-0.39, 0.29) is 28.4 Å². The van der Waals surface area contributed by atoms with Crippen molar-refractivity contribution in [3.8, 4) is 0 Å². The number of carbonyl (C=O) groups is 2. The summed E-state index contributed by atoms with van der Waals surface area (Å²) >= 11 is 0. The number of carbonyl (C=O) groups excluding carboxylic acids is 2. The van der Waals surface area contributed by atoms with E-state index in [1.807, 2.05) is 96.9 Å². The summed E-state index contributed by atoms with van der Waals surface area (Å²) < 4.78 is 10.1. The van der Waals surface area contributed by atoms with Crippen LogP contribution >= 0.6 is 0 Å². The SMILES string of the molecule is CC.CC.CCC(C)(C)C(=O)OC(C)(C)C.CCOC(=O)C(C)(C)CC. The number of rotatable bonds is 5. The number of ether oxygens (including phenoxy) is 2. The van der Waals surface area contributed by atoms with E-state index < -0.39 is 0 Å². The van der Waals surface area contributed by atoms with E-state index in [1.165, 1.54) is 0 Å². The van der Waals surface area contributed by atoms with Gasteiger partial charge in [-0.25, -0.2) is 0 Å². The van der Waals surface area contributed by atoms with Crippen molar-refractivity contribution in [3.05, 3.63) is 0 Å². The molecule has 160 valence electrons. The third-order valence-corrected chi connectivity index (χ3v) is 3.55. The highest BCUT2D eigenvalue weighted by molar-refractivity contribution is 5.76. The second kappa shape index (κ2) is 16.1. The van der Waals surface area contributed by atoms with Crippen molar-refractivity contribution in [2.45, 2.75) is 115 Å². The van der Waals surface area contributed by atoms with Crippen LogP contribution in [0.4, 0.5) is 0 Å². The average Bonchev–Trinajstić information content (AvgIpc) is 2.57. The Morgan fingerprint density at radius 2 is 0.962 bits per heavy atom. The normalized spacial score (nSPS) is 10.7. The largest absolute Gasteiger partial charge is 0.466 e. The molecule has 0 aliphatic heterocycles. The quantitative estimate of drug-likeness (QED) is 0.495. The first-order chi connectivity index (χ1) is 11.7. The summed E-state index contributed by atoms with van der Waals surface area (Å²) in [5, 5.41) is 0. The fourth-order valence-electron chi connectivity index (χ4n) is 1.03. The molecule has 0 aromatic heterocycles. The van der Waals surface area contributed by atoms with Crippen molar-refractivity contribution < 1.29 is 19.1 Å². The highest BCUT2D eigenvalue weighted by atomic mass is 16.6. The summed E-state index contributed by atoms with van der Waals surface area (Å²) in [7, 11) is 0. The summed E-state index contributed by atoms with van der Waals surface area (Å²) in [6.07, 6.45) is 1.63. The first-order valence-corrected chi connectivity index (χ1v) is 10.1. The molecule has 0 heterocycles. The van der Waals surface area contributed by atoms with Crippen LogP contribution in [0.2, 0.25) is 0 Å². The van der Waals surface area contributed by atoms with Gasteiger partial charge in [0.25, 0.3) is 0 Å². The first kappa shape index (κ1) is 32.6. The fraction of sp³-hybridized carbons (Fsp3) is 0.909. The third kappa shape index (κ3) is 17.8.